The van der Waals surface area contributed by atoms with Gasteiger partial charge in [0.05, 0.1) is 6.04 Å². The van der Waals surface area contributed by atoms with Crippen LogP contribution in [0.1, 0.15) is 5.56 Å². The van der Waals surface area contributed by atoms with Gasteiger partial charge >= 0.3 is 0 Å². The molecule has 2 rings (SSSR count). The molecule has 1 aliphatic heterocycles. The highest BCUT2D eigenvalue weighted by Crippen LogP contribution is 2.09. The van der Waals surface area contributed by atoms with Gasteiger partial charge < -0.3 is 5.32 Å². The summed E-state index contributed by atoms with van der Waals surface area (Å²) in [7, 11) is 0. The van der Waals surface area contributed by atoms with Crippen LogP contribution in [0.15, 0.2) is 30.3 Å². The van der Waals surface area contributed by atoms with Crippen molar-refractivity contribution in [1.82, 2.24) is 10.6 Å². The van der Waals surface area contributed by atoms with E-state index >= 15 is 0 Å². The molecular weight excluding hydrogens is 220 g/mol. The smallest absolute Gasteiger partial charge is 0.238 e. The summed E-state index contributed by atoms with van der Waals surface area (Å²) in [6.07, 6.45) is 0.895. The molecule has 2 N–H and O–H groups in total. The highest BCUT2D eigenvalue weighted by molar-refractivity contribution is 7.99. The Morgan fingerprint density at radius 3 is 2.94 bits per heavy atom. The van der Waals surface area contributed by atoms with Gasteiger partial charge in [-0.25, -0.2) is 0 Å². The van der Waals surface area contributed by atoms with Crippen LogP contribution in [-0.2, 0) is 11.2 Å². The molecule has 1 amide bonds. The van der Waals surface area contributed by atoms with E-state index in [1.165, 1.54) is 5.56 Å². The van der Waals surface area contributed by atoms with Crippen LogP contribution >= 0.6 is 11.8 Å². The van der Waals surface area contributed by atoms with Crippen molar-refractivity contribution in [3.05, 3.63) is 35.9 Å². The molecule has 1 aromatic rings. The molecule has 0 saturated carbocycles. The molecule has 1 fully saturated rings. The molecule has 0 radical (unpaired) electrons. The molecule has 0 aromatic heterocycles. The molecule has 1 aromatic carbocycles. The predicted molar refractivity (Wildman–Crippen MR) is 67.4 cm³/mol. The molecule has 1 aliphatic rings. The number of hydrogen-bond donors (Lipinski definition) is 2. The highest BCUT2D eigenvalue weighted by atomic mass is 32.2. The second kappa shape index (κ2) is 5.92. The minimum absolute atomic E-state index is 0.000716. The fraction of sp³-hybridized carbons (Fsp3) is 0.417. The van der Waals surface area contributed by atoms with Gasteiger partial charge in [0.15, 0.2) is 0 Å². The van der Waals surface area contributed by atoms with Crippen molar-refractivity contribution in [1.29, 1.82) is 0 Å². The fourth-order valence-corrected chi connectivity index (χ4v) is 2.60. The molecule has 0 unspecified atom stereocenters. The van der Waals surface area contributed by atoms with Crippen LogP contribution in [-0.4, -0.2) is 30.1 Å². The maximum atomic E-state index is 11.6. The Hall–Kier alpha value is -1.00. The zero-order valence-corrected chi connectivity index (χ0v) is 9.93. The van der Waals surface area contributed by atoms with Crippen molar-refractivity contribution in [2.24, 2.45) is 0 Å². The van der Waals surface area contributed by atoms with Gasteiger partial charge in [-0.2, -0.15) is 0 Å². The number of benzene rings is 1. The van der Waals surface area contributed by atoms with Crippen LogP contribution in [0.3, 0.4) is 0 Å². The van der Waals surface area contributed by atoms with Gasteiger partial charge in [-0.3, -0.25) is 10.1 Å². The van der Waals surface area contributed by atoms with Crippen molar-refractivity contribution in [2.45, 2.75) is 12.5 Å². The first kappa shape index (κ1) is 11.5. The maximum absolute atomic E-state index is 11.6. The summed E-state index contributed by atoms with van der Waals surface area (Å²) >= 11 is 1.77. The summed E-state index contributed by atoms with van der Waals surface area (Å²) in [5, 5.41) is 6.11. The summed E-state index contributed by atoms with van der Waals surface area (Å²) in [6.45, 7) is 0.714. The van der Waals surface area contributed by atoms with Gasteiger partial charge in [0, 0.05) is 18.2 Å². The Morgan fingerprint density at radius 1 is 1.44 bits per heavy atom. The van der Waals surface area contributed by atoms with E-state index in [0.717, 1.165) is 18.1 Å². The Morgan fingerprint density at radius 2 is 2.25 bits per heavy atom. The Labute approximate surface area is 100.0 Å². The average Bonchev–Trinajstić information content (AvgIpc) is 2.84. The lowest BCUT2D eigenvalue weighted by Gasteiger charge is -2.10. The van der Waals surface area contributed by atoms with Crippen molar-refractivity contribution in [2.75, 3.05) is 18.2 Å². The average molecular weight is 236 g/mol. The van der Waals surface area contributed by atoms with Gasteiger partial charge in [0.1, 0.15) is 0 Å². The Bertz CT molecular complexity index is 336. The quantitative estimate of drug-likeness (QED) is 0.819. The molecule has 4 heteroatoms. The number of carbonyl (C=O) groups is 1. The molecule has 86 valence electrons. The van der Waals surface area contributed by atoms with E-state index in [0.29, 0.717) is 6.54 Å². The molecule has 0 aliphatic carbocycles. The topological polar surface area (TPSA) is 41.1 Å². The van der Waals surface area contributed by atoms with E-state index in [9.17, 15) is 4.79 Å². The van der Waals surface area contributed by atoms with Crippen LogP contribution in [0.5, 0.6) is 0 Å². The van der Waals surface area contributed by atoms with Gasteiger partial charge in [0.2, 0.25) is 5.91 Å². The molecule has 16 heavy (non-hydrogen) atoms. The summed E-state index contributed by atoms with van der Waals surface area (Å²) in [5.74, 6) is 1.90. The predicted octanol–water partition coefficient (Wildman–Crippen LogP) is 1.01. The van der Waals surface area contributed by atoms with E-state index < -0.39 is 0 Å². The van der Waals surface area contributed by atoms with E-state index in [1.807, 2.05) is 18.2 Å². The first-order valence-corrected chi connectivity index (χ1v) is 6.64. The number of hydrogen-bond acceptors (Lipinski definition) is 3. The standard InChI is InChI=1S/C12H16N2OS/c15-12(11-8-16-9-14-11)13-7-6-10-4-2-1-3-5-10/h1-5,11,14H,6-9H2,(H,13,15)/t11-/m0/s1. The first-order valence-electron chi connectivity index (χ1n) is 5.49. The number of rotatable bonds is 4. The van der Waals surface area contributed by atoms with Gasteiger partial charge in [-0.1, -0.05) is 30.3 Å². The third-order valence-electron chi connectivity index (χ3n) is 2.59. The highest BCUT2D eigenvalue weighted by Gasteiger charge is 2.21. The first-order chi connectivity index (χ1) is 7.86. The third-order valence-corrected chi connectivity index (χ3v) is 3.53. The molecule has 1 heterocycles. The van der Waals surface area contributed by atoms with E-state index in [4.69, 9.17) is 0 Å². The van der Waals surface area contributed by atoms with Crippen LogP contribution in [0.25, 0.3) is 0 Å². The molecular formula is C12H16N2OS. The van der Waals surface area contributed by atoms with Gasteiger partial charge in [-0.05, 0) is 12.0 Å². The summed E-state index contributed by atoms with van der Waals surface area (Å²) in [5.41, 5.74) is 1.26. The summed E-state index contributed by atoms with van der Waals surface area (Å²) in [4.78, 5) is 11.6. The van der Waals surface area contributed by atoms with E-state index in [2.05, 4.69) is 22.8 Å². The molecule has 0 bridgehead atoms. The lowest BCUT2D eigenvalue weighted by Crippen LogP contribution is -2.42. The lowest BCUT2D eigenvalue weighted by molar-refractivity contribution is -0.122. The SMILES string of the molecule is O=C(NCCc1ccccc1)[C@@H]1CSCN1. The van der Waals surface area contributed by atoms with Crippen molar-refractivity contribution >= 4 is 17.7 Å². The monoisotopic (exact) mass is 236 g/mol. The van der Waals surface area contributed by atoms with Crippen molar-refractivity contribution < 1.29 is 4.79 Å². The van der Waals surface area contributed by atoms with E-state index in [-0.39, 0.29) is 11.9 Å². The molecule has 0 spiro atoms. The number of carbonyl (C=O) groups excluding carboxylic acids is 1. The summed E-state index contributed by atoms with van der Waals surface area (Å²) in [6, 6.07) is 10.2. The normalized spacial score (nSPS) is 19.6. The van der Waals surface area contributed by atoms with Gasteiger partial charge in [-0.15, -0.1) is 11.8 Å². The molecule has 1 atom stereocenters. The van der Waals surface area contributed by atoms with Crippen LogP contribution < -0.4 is 10.6 Å². The fourth-order valence-electron chi connectivity index (χ4n) is 1.66. The Balaban J connectivity index is 1.70. The number of nitrogens with one attached hydrogen (secondary N) is 2. The third kappa shape index (κ3) is 3.25. The zero-order chi connectivity index (χ0) is 11.2. The second-order valence-electron chi connectivity index (χ2n) is 3.80. The maximum Gasteiger partial charge on any atom is 0.238 e. The minimum atomic E-state index is 0.000716. The van der Waals surface area contributed by atoms with Crippen LogP contribution in [0, 0.1) is 0 Å². The zero-order valence-electron chi connectivity index (χ0n) is 9.11. The summed E-state index contributed by atoms with van der Waals surface area (Å²) < 4.78 is 0. The Kier molecular flexibility index (Phi) is 4.25. The number of thioether (sulfide) groups is 1. The minimum Gasteiger partial charge on any atom is -0.354 e. The van der Waals surface area contributed by atoms with Crippen LogP contribution in [0.4, 0.5) is 0 Å². The van der Waals surface area contributed by atoms with E-state index in [1.54, 1.807) is 11.8 Å². The van der Waals surface area contributed by atoms with Gasteiger partial charge in [0.25, 0.3) is 0 Å². The second-order valence-corrected chi connectivity index (χ2v) is 4.83. The molecule has 1 saturated heterocycles. The van der Waals surface area contributed by atoms with Crippen molar-refractivity contribution in [3.8, 4) is 0 Å². The molecule has 3 nitrogen and oxygen atoms in total. The van der Waals surface area contributed by atoms with Crippen LogP contribution in [0.2, 0.25) is 0 Å². The van der Waals surface area contributed by atoms with Crippen molar-refractivity contribution in [3.63, 3.8) is 0 Å². The number of amides is 1. The largest absolute Gasteiger partial charge is 0.354 e. The lowest BCUT2D eigenvalue weighted by atomic mass is 10.1.